The molecule has 0 radical (unpaired) electrons. The van der Waals surface area contributed by atoms with Gasteiger partial charge < -0.3 is 15.6 Å². The van der Waals surface area contributed by atoms with Gasteiger partial charge in [-0.2, -0.15) is 0 Å². The molecule has 3 aromatic rings. The Kier molecular flexibility index (Phi) is 6.61. The van der Waals surface area contributed by atoms with E-state index < -0.39 is 6.04 Å². The number of amides is 1. The number of nitrogens with zero attached hydrogens (tertiary/aromatic N) is 2. The first kappa shape index (κ1) is 19.8. The average Bonchev–Trinajstić information content (AvgIpc) is 3.24. The molecule has 1 aromatic heterocycles. The summed E-state index contributed by atoms with van der Waals surface area (Å²) in [6, 6.07) is 16.2. The zero-order chi connectivity index (χ0) is 19.9. The maximum Gasteiger partial charge on any atom is 0.237 e. The maximum absolute atomic E-state index is 12.3. The van der Waals surface area contributed by atoms with Crippen LogP contribution in [0.1, 0.15) is 31.4 Å². The SMILES string of the molecule is CCC(C)C(N)C(=O)NCc1ccccc1-c1ccc(Cn2ccnc2)cc1. The Bertz CT molecular complexity index is 887. The van der Waals surface area contributed by atoms with Crippen LogP contribution >= 0.6 is 0 Å². The van der Waals surface area contributed by atoms with Crippen molar-refractivity contribution in [2.24, 2.45) is 11.7 Å². The monoisotopic (exact) mass is 376 g/mol. The molecule has 3 N–H and O–H groups in total. The van der Waals surface area contributed by atoms with Gasteiger partial charge in [0.05, 0.1) is 12.4 Å². The van der Waals surface area contributed by atoms with Crippen LogP contribution in [0.5, 0.6) is 0 Å². The first-order valence-electron chi connectivity index (χ1n) is 9.74. The first-order valence-corrected chi connectivity index (χ1v) is 9.74. The second-order valence-corrected chi connectivity index (χ2v) is 7.22. The predicted molar refractivity (Wildman–Crippen MR) is 112 cm³/mol. The van der Waals surface area contributed by atoms with Crippen LogP contribution in [-0.4, -0.2) is 21.5 Å². The summed E-state index contributed by atoms with van der Waals surface area (Å²) in [7, 11) is 0. The Hall–Kier alpha value is -2.92. The molecular weight excluding hydrogens is 348 g/mol. The second kappa shape index (κ2) is 9.33. The zero-order valence-corrected chi connectivity index (χ0v) is 16.5. The number of nitrogens with two attached hydrogens (primary N) is 1. The minimum Gasteiger partial charge on any atom is -0.351 e. The molecule has 3 rings (SSSR count). The summed E-state index contributed by atoms with van der Waals surface area (Å²) in [6.45, 7) is 5.31. The van der Waals surface area contributed by atoms with Crippen molar-refractivity contribution in [3.63, 3.8) is 0 Å². The number of nitrogens with one attached hydrogen (secondary N) is 1. The van der Waals surface area contributed by atoms with E-state index in [1.54, 1.807) is 6.20 Å². The summed E-state index contributed by atoms with van der Waals surface area (Å²) in [5.74, 6) is 0.0677. The number of carbonyl (C=O) groups excluding carboxylic acids is 1. The van der Waals surface area contributed by atoms with Gasteiger partial charge in [0.1, 0.15) is 0 Å². The predicted octanol–water partition coefficient (Wildman–Crippen LogP) is 3.59. The summed E-state index contributed by atoms with van der Waals surface area (Å²) in [6.07, 6.45) is 6.44. The van der Waals surface area contributed by atoms with E-state index in [2.05, 4.69) is 40.6 Å². The molecule has 5 nitrogen and oxygen atoms in total. The molecule has 0 aliphatic heterocycles. The van der Waals surface area contributed by atoms with Gasteiger partial charge in [0.15, 0.2) is 0 Å². The van der Waals surface area contributed by atoms with E-state index >= 15 is 0 Å². The van der Waals surface area contributed by atoms with Crippen molar-refractivity contribution in [1.29, 1.82) is 0 Å². The number of aromatic nitrogens is 2. The van der Waals surface area contributed by atoms with Crippen molar-refractivity contribution >= 4 is 5.91 Å². The van der Waals surface area contributed by atoms with Crippen molar-refractivity contribution < 1.29 is 4.79 Å². The summed E-state index contributed by atoms with van der Waals surface area (Å²) < 4.78 is 2.04. The molecule has 2 atom stereocenters. The maximum atomic E-state index is 12.3. The normalized spacial score (nSPS) is 13.1. The third kappa shape index (κ3) is 4.87. The van der Waals surface area contributed by atoms with Crippen molar-refractivity contribution in [3.8, 4) is 11.1 Å². The van der Waals surface area contributed by atoms with E-state index in [0.717, 1.165) is 29.7 Å². The van der Waals surface area contributed by atoms with Gasteiger partial charge in [-0.15, -0.1) is 0 Å². The number of hydrogen-bond acceptors (Lipinski definition) is 3. The molecule has 2 unspecified atom stereocenters. The minimum atomic E-state index is -0.473. The summed E-state index contributed by atoms with van der Waals surface area (Å²) >= 11 is 0. The average molecular weight is 377 g/mol. The van der Waals surface area contributed by atoms with Crippen molar-refractivity contribution in [2.75, 3.05) is 0 Å². The van der Waals surface area contributed by atoms with Gasteiger partial charge in [-0.25, -0.2) is 4.98 Å². The summed E-state index contributed by atoms with van der Waals surface area (Å²) in [5.41, 5.74) is 10.6. The lowest BCUT2D eigenvalue weighted by Crippen LogP contribution is -2.44. The van der Waals surface area contributed by atoms with Crippen LogP contribution in [0.15, 0.2) is 67.3 Å². The molecule has 1 amide bonds. The smallest absolute Gasteiger partial charge is 0.237 e. The lowest BCUT2D eigenvalue weighted by atomic mass is 9.97. The Balaban J connectivity index is 1.70. The number of carbonyl (C=O) groups is 1. The van der Waals surface area contributed by atoms with Crippen molar-refractivity contribution in [2.45, 2.75) is 39.4 Å². The lowest BCUT2D eigenvalue weighted by molar-refractivity contribution is -0.123. The Morgan fingerprint density at radius 3 is 2.61 bits per heavy atom. The minimum absolute atomic E-state index is 0.0974. The van der Waals surface area contributed by atoms with Gasteiger partial charge in [0, 0.05) is 25.5 Å². The highest BCUT2D eigenvalue weighted by Crippen LogP contribution is 2.24. The van der Waals surface area contributed by atoms with E-state index in [9.17, 15) is 4.79 Å². The lowest BCUT2D eigenvalue weighted by Gasteiger charge is -2.18. The number of benzene rings is 2. The Morgan fingerprint density at radius 1 is 1.18 bits per heavy atom. The standard InChI is InChI=1S/C23H28N4O/c1-3-17(2)22(24)23(28)26-14-20-6-4-5-7-21(20)19-10-8-18(9-11-19)15-27-13-12-25-16-27/h4-13,16-17,22H,3,14-15,24H2,1-2H3,(H,26,28). The molecular formula is C23H28N4O. The fraction of sp³-hybridized carbons (Fsp3) is 0.304. The quantitative estimate of drug-likeness (QED) is 0.631. The Labute approximate surface area is 166 Å². The van der Waals surface area contributed by atoms with Crippen LogP contribution in [-0.2, 0) is 17.9 Å². The second-order valence-electron chi connectivity index (χ2n) is 7.22. The molecule has 0 aliphatic rings. The third-order valence-electron chi connectivity index (χ3n) is 5.22. The van der Waals surface area contributed by atoms with E-state index in [-0.39, 0.29) is 11.8 Å². The zero-order valence-electron chi connectivity index (χ0n) is 16.5. The highest BCUT2D eigenvalue weighted by molar-refractivity contribution is 5.82. The number of imidazole rings is 1. The van der Waals surface area contributed by atoms with Gasteiger partial charge in [-0.3, -0.25) is 4.79 Å². The molecule has 0 spiro atoms. The summed E-state index contributed by atoms with van der Waals surface area (Å²) in [5, 5.41) is 2.99. The van der Waals surface area contributed by atoms with Crippen LogP contribution in [0, 0.1) is 5.92 Å². The van der Waals surface area contributed by atoms with Crippen molar-refractivity contribution in [3.05, 3.63) is 78.4 Å². The molecule has 2 aromatic carbocycles. The van der Waals surface area contributed by atoms with E-state index in [4.69, 9.17) is 5.73 Å². The molecule has 5 heteroatoms. The highest BCUT2D eigenvalue weighted by Gasteiger charge is 2.19. The molecule has 0 fully saturated rings. The van der Waals surface area contributed by atoms with Gasteiger partial charge in [0.2, 0.25) is 5.91 Å². The van der Waals surface area contributed by atoms with Gasteiger partial charge in [-0.1, -0.05) is 68.8 Å². The first-order chi connectivity index (χ1) is 13.6. The molecule has 1 heterocycles. The molecule has 28 heavy (non-hydrogen) atoms. The largest absolute Gasteiger partial charge is 0.351 e. The van der Waals surface area contributed by atoms with Crippen LogP contribution in [0.2, 0.25) is 0 Å². The topological polar surface area (TPSA) is 72.9 Å². The van der Waals surface area contributed by atoms with Crippen LogP contribution < -0.4 is 11.1 Å². The molecule has 0 bridgehead atoms. The fourth-order valence-electron chi connectivity index (χ4n) is 3.15. The summed E-state index contributed by atoms with van der Waals surface area (Å²) in [4.78, 5) is 16.4. The molecule has 146 valence electrons. The highest BCUT2D eigenvalue weighted by atomic mass is 16.2. The van der Waals surface area contributed by atoms with Crippen LogP contribution in [0.25, 0.3) is 11.1 Å². The van der Waals surface area contributed by atoms with E-state index in [1.165, 1.54) is 5.56 Å². The molecule has 0 saturated heterocycles. The fourth-order valence-corrected chi connectivity index (χ4v) is 3.15. The molecule has 0 aliphatic carbocycles. The van der Waals surface area contributed by atoms with Gasteiger partial charge >= 0.3 is 0 Å². The third-order valence-corrected chi connectivity index (χ3v) is 5.22. The van der Waals surface area contributed by atoms with Gasteiger partial charge in [0.25, 0.3) is 0 Å². The number of rotatable bonds is 8. The van der Waals surface area contributed by atoms with E-state index in [0.29, 0.717) is 6.54 Å². The van der Waals surface area contributed by atoms with Crippen LogP contribution in [0.3, 0.4) is 0 Å². The molecule has 0 saturated carbocycles. The van der Waals surface area contributed by atoms with E-state index in [1.807, 2.05) is 49.1 Å². The Morgan fingerprint density at radius 2 is 1.93 bits per heavy atom. The van der Waals surface area contributed by atoms with Crippen LogP contribution in [0.4, 0.5) is 0 Å². The van der Waals surface area contributed by atoms with Crippen molar-refractivity contribution in [1.82, 2.24) is 14.9 Å². The number of hydrogen-bond donors (Lipinski definition) is 2. The van der Waals surface area contributed by atoms with Gasteiger partial charge in [-0.05, 0) is 28.2 Å².